The second kappa shape index (κ2) is 13.7. The summed E-state index contributed by atoms with van der Waals surface area (Å²) in [6.45, 7) is 4.70. The summed E-state index contributed by atoms with van der Waals surface area (Å²) in [6.07, 6.45) is 6.36. The maximum absolute atomic E-state index is 4.74. The molecule has 0 unspecified atom stereocenters. The van der Waals surface area contributed by atoms with Crippen LogP contribution < -0.4 is 4.90 Å². The molecule has 288 valence electrons. The van der Waals surface area contributed by atoms with Crippen LogP contribution in [0.3, 0.4) is 0 Å². The number of fused-ring (bicyclic) bond motifs is 4. The van der Waals surface area contributed by atoms with Crippen molar-refractivity contribution in [2.75, 3.05) is 4.90 Å². The van der Waals surface area contributed by atoms with E-state index in [0.29, 0.717) is 0 Å². The summed E-state index contributed by atoms with van der Waals surface area (Å²) < 4.78 is 2.43. The molecule has 0 saturated heterocycles. The van der Waals surface area contributed by atoms with Crippen LogP contribution in [0.4, 0.5) is 17.2 Å². The van der Waals surface area contributed by atoms with Crippen LogP contribution in [0, 0.1) is 0 Å². The van der Waals surface area contributed by atoms with Crippen LogP contribution >= 0.6 is 0 Å². The Bertz CT molecular complexity index is 3450. The van der Waals surface area contributed by atoms with Crippen molar-refractivity contribution in [3.05, 3.63) is 223 Å². The van der Waals surface area contributed by atoms with Crippen molar-refractivity contribution in [1.29, 1.82) is 0 Å². The third kappa shape index (κ3) is 5.69. The van der Waals surface area contributed by atoms with E-state index in [2.05, 4.69) is 217 Å². The van der Waals surface area contributed by atoms with E-state index in [4.69, 9.17) is 4.98 Å². The molecule has 0 bridgehead atoms. The first-order valence-corrected chi connectivity index (χ1v) is 21.1. The molecular formula is C58H41N3. The zero-order valence-corrected chi connectivity index (χ0v) is 34.0. The Kier molecular flexibility index (Phi) is 7.88. The molecular weight excluding hydrogens is 739 g/mol. The van der Waals surface area contributed by atoms with Gasteiger partial charge in [-0.2, -0.15) is 0 Å². The van der Waals surface area contributed by atoms with Crippen molar-refractivity contribution in [3.8, 4) is 27.9 Å². The number of aromatic nitrogens is 2. The quantitative estimate of drug-likeness (QED) is 0.119. The summed E-state index contributed by atoms with van der Waals surface area (Å²) in [6, 6.07) is 70.8. The molecule has 11 aromatic rings. The fourth-order valence-electron chi connectivity index (χ4n) is 9.92. The molecule has 2 aromatic heterocycles. The van der Waals surface area contributed by atoms with Gasteiger partial charge in [0, 0.05) is 39.4 Å². The number of rotatable bonds is 7. The van der Waals surface area contributed by atoms with Crippen LogP contribution in [-0.4, -0.2) is 9.55 Å². The minimum Gasteiger partial charge on any atom is -0.309 e. The Balaban J connectivity index is 0.848. The molecule has 0 fully saturated rings. The number of anilines is 3. The number of hydrogen-bond acceptors (Lipinski definition) is 2. The SMILES string of the molecule is CC1(C)c2cc(/C=C/c3ccc4cc(-c5cc6ccc7cccc8c7c6c(c5)n8-c5ccccc5)ccc4c3)ccc2-c2ccc(N(c3ccccc3)c3ccccn3)cc21. The fraction of sp³-hybridized carbons (Fsp3) is 0.0517. The smallest absolute Gasteiger partial charge is 0.137 e. The highest BCUT2D eigenvalue weighted by Crippen LogP contribution is 2.51. The Morgan fingerprint density at radius 1 is 0.459 bits per heavy atom. The van der Waals surface area contributed by atoms with Crippen LogP contribution in [-0.2, 0) is 5.41 Å². The number of benzene rings is 9. The summed E-state index contributed by atoms with van der Waals surface area (Å²) in [5.74, 6) is 0.898. The van der Waals surface area contributed by atoms with Crippen molar-refractivity contribution in [3.63, 3.8) is 0 Å². The van der Waals surface area contributed by atoms with Gasteiger partial charge < -0.3 is 4.57 Å². The van der Waals surface area contributed by atoms with Crippen LogP contribution in [0.5, 0.6) is 0 Å². The van der Waals surface area contributed by atoms with Crippen LogP contribution in [0.25, 0.3) is 83.4 Å². The highest BCUT2D eigenvalue weighted by Gasteiger charge is 2.36. The minimum absolute atomic E-state index is 0.169. The topological polar surface area (TPSA) is 21.1 Å². The molecule has 12 rings (SSSR count). The van der Waals surface area contributed by atoms with Gasteiger partial charge in [-0.25, -0.2) is 4.98 Å². The molecule has 2 heterocycles. The molecule has 0 saturated carbocycles. The molecule has 3 heteroatoms. The van der Waals surface area contributed by atoms with Gasteiger partial charge in [-0.15, -0.1) is 0 Å². The lowest BCUT2D eigenvalue weighted by Crippen LogP contribution is -2.17. The Morgan fingerprint density at radius 2 is 1.11 bits per heavy atom. The zero-order chi connectivity index (χ0) is 40.7. The first-order chi connectivity index (χ1) is 30.0. The molecule has 9 aromatic carbocycles. The summed E-state index contributed by atoms with van der Waals surface area (Å²) in [7, 11) is 0. The molecule has 3 nitrogen and oxygen atoms in total. The van der Waals surface area contributed by atoms with Gasteiger partial charge in [0.05, 0.1) is 11.0 Å². The zero-order valence-electron chi connectivity index (χ0n) is 34.0. The standard InChI is InChI=1S/C58H41N3/c1-58(2)51-33-39(22-29-49(51)50-30-28-48(37-52(50)58)60(46-13-5-3-6-14-46)55-18-9-10-31-59-55)20-19-38-21-23-42-34-43(26-25-41(42)32-38)45-35-44-27-24-40-12-11-17-53-56(40)57(44)54(36-45)61(53)47-15-7-4-8-16-47/h3-37H,1-2H3/b20-19+. The van der Waals surface area contributed by atoms with E-state index < -0.39 is 0 Å². The van der Waals surface area contributed by atoms with Gasteiger partial charge in [0.15, 0.2) is 0 Å². The van der Waals surface area contributed by atoms with Crippen LogP contribution in [0.1, 0.15) is 36.1 Å². The monoisotopic (exact) mass is 779 g/mol. The predicted molar refractivity (Wildman–Crippen MR) is 258 cm³/mol. The first kappa shape index (κ1) is 35.2. The average Bonchev–Trinajstić information content (AvgIpc) is 3.76. The molecule has 0 amide bonds. The number of hydrogen-bond donors (Lipinski definition) is 0. The van der Waals surface area contributed by atoms with Gasteiger partial charge in [-0.1, -0.05) is 141 Å². The fourth-order valence-corrected chi connectivity index (χ4v) is 9.92. The lowest BCUT2D eigenvalue weighted by atomic mass is 9.81. The lowest BCUT2D eigenvalue weighted by Gasteiger charge is -2.27. The number of nitrogens with zero attached hydrogens (tertiary/aromatic N) is 3. The van der Waals surface area contributed by atoms with E-state index in [1.54, 1.807) is 0 Å². The maximum atomic E-state index is 4.74. The van der Waals surface area contributed by atoms with Crippen molar-refractivity contribution in [1.82, 2.24) is 9.55 Å². The highest BCUT2D eigenvalue weighted by molar-refractivity contribution is 6.25. The molecule has 0 aliphatic heterocycles. The molecule has 0 spiro atoms. The first-order valence-electron chi connectivity index (χ1n) is 21.1. The van der Waals surface area contributed by atoms with E-state index in [0.717, 1.165) is 17.2 Å². The number of pyridine rings is 1. The van der Waals surface area contributed by atoms with Gasteiger partial charge in [-0.05, 0) is 145 Å². The van der Waals surface area contributed by atoms with Gasteiger partial charge in [0.1, 0.15) is 5.82 Å². The molecule has 1 aliphatic carbocycles. The second-order valence-electron chi connectivity index (χ2n) is 16.9. The Morgan fingerprint density at radius 3 is 1.93 bits per heavy atom. The molecule has 61 heavy (non-hydrogen) atoms. The van der Waals surface area contributed by atoms with Gasteiger partial charge in [0.25, 0.3) is 0 Å². The van der Waals surface area contributed by atoms with Crippen molar-refractivity contribution < 1.29 is 0 Å². The highest BCUT2D eigenvalue weighted by atomic mass is 15.2. The molecule has 0 N–H and O–H groups in total. The third-order valence-electron chi connectivity index (χ3n) is 12.9. The van der Waals surface area contributed by atoms with E-state index in [1.165, 1.54) is 93.5 Å². The summed E-state index contributed by atoms with van der Waals surface area (Å²) >= 11 is 0. The van der Waals surface area contributed by atoms with E-state index >= 15 is 0 Å². The molecule has 0 radical (unpaired) electrons. The normalized spacial score (nSPS) is 13.1. The predicted octanol–water partition coefficient (Wildman–Crippen LogP) is 15.5. The van der Waals surface area contributed by atoms with E-state index in [9.17, 15) is 0 Å². The summed E-state index contributed by atoms with van der Waals surface area (Å²) in [5, 5.41) is 7.67. The Labute approximate surface area is 355 Å². The lowest BCUT2D eigenvalue weighted by molar-refractivity contribution is 0.660. The van der Waals surface area contributed by atoms with Crippen molar-refractivity contribution in [2.24, 2.45) is 0 Å². The van der Waals surface area contributed by atoms with Gasteiger partial charge in [0.2, 0.25) is 0 Å². The average molecular weight is 780 g/mol. The largest absolute Gasteiger partial charge is 0.309 e. The number of para-hydroxylation sites is 2. The minimum atomic E-state index is -0.169. The second-order valence-corrected chi connectivity index (χ2v) is 16.9. The summed E-state index contributed by atoms with van der Waals surface area (Å²) in [5.41, 5.74) is 15.8. The van der Waals surface area contributed by atoms with Crippen LogP contribution in [0.15, 0.2) is 200 Å². The Hall–Kier alpha value is -7.75. The van der Waals surface area contributed by atoms with Gasteiger partial charge in [-0.3, -0.25) is 4.90 Å². The molecule has 0 atom stereocenters. The third-order valence-corrected chi connectivity index (χ3v) is 12.9. The maximum Gasteiger partial charge on any atom is 0.137 e. The van der Waals surface area contributed by atoms with E-state index in [-0.39, 0.29) is 5.41 Å². The van der Waals surface area contributed by atoms with Crippen LogP contribution in [0.2, 0.25) is 0 Å². The molecule has 1 aliphatic rings. The van der Waals surface area contributed by atoms with Crippen molar-refractivity contribution in [2.45, 2.75) is 19.3 Å². The van der Waals surface area contributed by atoms with Crippen molar-refractivity contribution >= 4 is 72.7 Å². The van der Waals surface area contributed by atoms with Gasteiger partial charge >= 0.3 is 0 Å². The summed E-state index contributed by atoms with van der Waals surface area (Å²) in [4.78, 5) is 6.98. The van der Waals surface area contributed by atoms with E-state index in [1.807, 2.05) is 18.3 Å².